The molecule has 0 saturated carbocycles. The maximum Gasteiger partial charge on any atom is 0.232 e. The fourth-order valence-electron chi connectivity index (χ4n) is 2.24. The summed E-state index contributed by atoms with van der Waals surface area (Å²) >= 11 is 1.50. The van der Waals surface area contributed by atoms with Gasteiger partial charge < -0.3 is 4.90 Å². The van der Waals surface area contributed by atoms with Crippen LogP contribution >= 0.6 is 11.8 Å². The number of benzene rings is 1. The lowest BCUT2D eigenvalue weighted by Crippen LogP contribution is -2.38. The maximum absolute atomic E-state index is 12.1. The van der Waals surface area contributed by atoms with Crippen molar-refractivity contribution < 1.29 is 13.2 Å². The molecule has 0 spiro atoms. The van der Waals surface area contributed by atoms with Gasteiger partial charge >= 0.3 is 0 Å². The molecule has 1 fully saturated rings. The highest BCUT2D eigenvalue weighted by Gasteiger charge is 2.32. The molecule has 4 nitrogen and oxygen atoms in total. The molecule has 0 aromatic heterocycles. The second-order valence-corrected chi connectivity index (χ2v) is 8.36. The molecule has 1 atom stereocenters. The van der Waals surface area contributed by atoms with Gasteiger partial charge in [0, 0.05) is 18.0 Å². The van der Waals surface area contributed by atoms with Gasteiger partial charge in [0.1, 0.15) is 0 Å². The van der Waals surface area contributed by atoms with Gasteiger partial charge in [0.15, 0.2) is 9.84 Å². The van der Waals surface area contributed by atoms with Gasteiger partial charge in [-0.1, -0.05) is 18.2 Å². The van der Waals surface area contributed by atoms with E-state index >= 15 is 0 Å². The summed E-state index contributed by atoms with van der Waals surface area (Å²) in [5, 5.41) is 0. The molecule has 6 heteroatoms. The molecule has 0 bridgehead atoms. The van der Waals surface area contributed by atoms with E-state index in [4.69, 9.17) is 0 Å². The Hall–Kier alpha value is -1.01. The topological polar surface area (TPSA) is 54.5 Å². The molecular formula is C14H19NO3S2. The highest BCUT2D eigenvalue weighted by molar-refractivity contribution is 8.00. The average molecular weight is 313 g/mol. The Balaban J connectivity index is 1.91. The third-order valence-corrected chi connectivity index (χ3v) is 6.50. The van der Waals surface area contributed by atoms with Gasteiger partial charge in [-0.05, 0) is 25.0 Å². The summed E-state index contributed by atoms with van der Waals surface area (Å²) in [4.78, 5) is 14.8. The first-order chi connectivity index (χ1) is 9.39. The highest BCUT2D eigenvalue weighted by Crippen LogP contribution is 2.23. The summed E-state index contributed by atoms with van der Waals surface area (Å²) in [6, 6.07) is 7.77. The molecule has 1 saturated heterocycles. The molecule has 1 aliphatic rings. The summed E-state index contributed by atoms with van der Waals surface area (Å²) in [6.07, 6.45) is 0.555. The first-order valence-electron chi connectivity index (χ1n) is 6.53. The Morgan fingerprint density at radius 2 is 2.10 bits per heavy atom. The molecule has 110 valence electrons. The average Bonchev–Trinajstić information content (AvgIpc) is 2.77. The standard InChI is InChI=1S/C14H19NO3S2/c1-11-5-3-4-6-13(11)19-9-14(16)15(2)12-7-8-20(17,18)10-12/h3-6,12H,7-10H2,1-2H3/t12-/m1/s1. The molecule has 0 N–H and O–H groups in total. The normalized spacial score (nSPS) is 20.8. The van der Waals surface area contributed by atoms with Crippen LogP contribution in [0.2, 0.25) is 0 Å². The Bertz CT molecular complexity index is 598. The van der Waals surface area contributed by atoms with E-state index in [1.54, 1.807) is 11.9 Å². The van der Waals surface area contributed by atoms with E-state index < -0.39 is 9.84 Å². The van der Waals surface area contributed by atoms with Crippen LogP contribution in [-0.2, 0) is 14.6 Å². The molecular weight excluding hydrogens is 294 g/mol. The van der Waals surface area contributed by atoms with Crippen LogP contribution < -0.4 is 0 Å². The first-order valence-corrected chi connectivity index (χ1v) is 9.34. The lowest BCUT2D eigenvalue weighted by Gasteiger charge is -2.23. The quantitative estimate of drug-likeness (QED) is 0.795. The molecule has 0 unspecified atom stereocenters. The summed E-state index contributed by atoms with van der Waals surface area (Å²) in [6.45, 7) is 2.01. The van der Waals surface area contributed by atoms with Gasteiger partial charge in [-0.2, -0.15) is 0 Å². The number of rotatable bonds is 4. The molecule has 2 rings (SSSR count). The zero-order valence-corrected chi connectivity index (χ0v) is 13.3. The van der Waals surface area contributed by atoms with Crippen molar-refractivity contribution in [3.05, 3.63) is 29.8 Å². The van der Waals surface area contributed by atoms with E-state index in [2.05, 4.69) is 0 Å². The minimum atomic E-state index is -2.95. The predicted molar refractivity (Wildman–Crippen MR) is 81.7 cm³/mol. The van der Waals surface area contributed by atoms with Crippen molar-refractivity contribution in [3.63, 3.8) is 0 Å². The van der Waals surface area contributed by atoms with Crippen molar-refractivity contribution >= 4 is 27.5 Å². The van der Waals surface area contributed by atoms with Gasteiger partial charge in [-0.15, -0.1) is 11.8 Å². The molecule has 0 aliphatic carbocycles. The lowest BCUT2D eigenvalue weighted by atomic mass is 10.2. The summed E-state index contributed by atoms with van der Waals surface area (Å²) in [7, 11) is -1.25. The van der Waals surface area contributed by atoms with Gasteiger partial charge in [-0.3, -0.25) is 4.79 Å². The summed E-state index contributed by atoms with van der Waals surface area (Å²) < 4.78 is 22.9. The van der Waals surface area contributed by atoms with Crippen LogP contribution in [0.4, 0.5) is 0 Å². The number of carbonyl (C=O) groups is 1. The zero-order chi connectivity index (χ0) is 14.8. The van der Waals surface area contributed by atoms with Crippen LogP contribution in [0.3, 0.4) is 0 Å². The molecule has 0 radical (unpaired) electrons. The minimum absolute atomic E-state index is 0.0136. The monoisotopic (exact) mass is 313 g/mol. The maximum atomic E-state index is 12.1. The van der Waals surface area contributed by atoms with Crippen molar-refractivity contribution in [2.75, 3.05) is 24.3 Å². The number of thioether (sulfide) groups is 1. The van der Waals surface area contributed by atoms with Crippen LogP contribution in [0, 0.1) is 6.92 Å². The molecule has 20 heavy (non-hydrogen) atoms. The van der Waals surface area contributed by atoms with Crippen molar-refractivity contribution in [3.8, 4) is 0 Å². The van der Waals surface area contributed by atoms with Crippen molar-refractivity contribution in [1.82, 2.24) is 4.90 Å². The van der Waals surface area contributed by atoms with E-state index in [0.29, 0.717) is 12.2 Å². The van der Waals surface area contributed by atoms with Crippen LogP contribution in [0.15, 0.2) is 29.2 Å². The number of amides is 1. The van der Waals surface area contributed by atoms with Crippen LogP contribution in [0.25, 0.3) is 0 Å². The largest absolute Gasteiger partial charge is 0.341 e. The van der Waals surface area contributed by atoms with Crippen LogP contribution in [0.5, 0.6) is 0 Å². The SMILES string of the molecule is Cc1ccccc1SCC(=O)N(C)[C@@H]1CCS(=O)(=O)C1. The number of nitrogens with zero attached hydrogens (tertiary/aromatic N) is 1. The number of hydrogen-bond acceptors (Lipinski definition) is 4. The number of hydrogen-bond donors (Lipinski definition) is 0. The van der Waals surface area contributed by atoms with Gasteiger partial charge in [0.2, 0.25) is 5.91 Å². The third-order valence-electron chi connectivity index (χ3n) is 3.59. The Labute approximate surface area is 124 Å². The van der Waals surface area contributed by atoms with Crippen molar-refractivity contribution in [2.45, 2.75) is 24.3 Å². The first kappa shape index (κ1) is 15.4. The van der Waals surface area contributed by atoms with Crippen molar-refractivity contribution in [1.29, 1.82) is 0 Å². The summed E-state index contributed by atoms with van der Waals surface area (Å²) in [5.74, 6) is 0.628. The van der Waals surface area contributed by atoms with E-state index in [-0.39, 0.29) is 23.5 Å². The Morgan fingerprint density at radius 3 is 2.70 bits per heavy atom. The highest BCUT2D eigenvalue weighted by atomic mass is 32.2. The molecule has 1 aromatic carbocycles. The number of carbonyl (C=O) groups excluding carboxylic acids is 1. The van der Waals surface area contributed by atoms with E-state index in [1.165, 1.54) is 11.8 Å². The van der Waals surface area contributed by atoms with Crippen LogP contribution in [0.1, 0.15) is 12.0 Å². The summed E-state index contributed by atoms with van der Waals surface area (Å²) in [5.41, 5.74) is 1.15. The molecule has 1 amide bonds. The van der Waals surface area contributed by atoms with E-state index in [9.17, 15) is 13.2 Å². The second-order valence-electron chi connectivity index (χ2n) is 5.12. The second kappa shape index (κ2) is 6.18. The Kier molecular flexibility index (Phi) is 4.75. The van der Waals surface area contributed by atoms with Gasteiger partial charge in [-0.25, -0.2) is 8.42 Å². The minimum Gasteiger partial charge on any atom is -0.341 e. The number of sulfone groups is 1. The number of aryl methyl sites for hydroxylation is 1. The predicted octanol–water partition coefficient (Wildman–Crippen LogP) is 1.73. The van der Waals surface area contributed by atoms with Crippen molar-refractivity contribution in [2.24, 2.45) is 0 Å². The van der Waals surface area contributed by atoms with Gasteiger partial charge in [0.05, 0.1) is 17.3 Å². The molecule has 1 heterocycles. The fourth-order valence-corrected chi connectivity index (χ4v) is 4.97. The Morgan fingerprint density at radius 1 is 1.40 bits per heavy atom. The van der Waals surface area contributed by atoms with E-state index in [1.807, 2.05) is 31.2 Å². The fraction of sp³-hybridized carbons (Fsp3) is 0.500. The van der Waals surface area contributed by atoms with E-state index in [0.717, 1.165) is 10.5 Å². The molecule has 1 aliphatic heterocycles. The van der Waals surface area contributed by atoms with Crippen LogP contribution in [-0.4, -0.2) is 49.6 Å². The molecule has 1 aromatic rings. The lowest BCUT2D eigenvalue weighted by molar-refractivity contribution is -0.128. The van der Waals surface area contributed by atoms with Gasteiger partial charge in [0.25, 0.3) is 0 Å². The smallest absolute Gasteiger partial charge is 0.232 e. The third kappa shape index (κ3) is 3.76. The zero-order valence-electron chi connectivity index (χ0n) is 11.7.